The van der Waals surface area contributed by atoms with E-state index in [9.17, 15) is 0 Å². The first-order valence-corrected chi connectivity index (χ1v) is 11.4. The second kappa shape index (κ2) is 10.8. The first kappa shape index (κ1) is 21.9. The molecule has 0 bridgehead atoms. The predicted molar refractivity (Wildman–Crippen MR) is 127 cm³/mol. The maximum absolute atomic E-state index is 6.55. The highest BCUT2D eigenvalue weighted by Gasteiger charge is 2.33. The molecule has 0 aliphatic carbocycles. The standard InChI is InChI=1S/C27H30ClNO2/c1-30-25-15-9-21(10-16-25)17-19-29-18-5-8-26(29)27(23-11-13-24(28)14-12-23)31-20-22-6-3-2-4-7-22/h2-4,6-7,9-16,26-27H,5,8,17-20H2,1H3/t26?,27-/m0/s1. The van der Waals surface area contributed by atoms with E-state index in [0.717, 1.165) is 36.7 Å². The lowest BCUT2D eigenvalue weighted by molar-refractivity contribution is -0.0136. The Morgan fingerprint density at radius 1 is 0.935 bits per heavy atom. The molecular formula is C27H30ClNO2. The molecule has 0 radical (unpaired) electrons. The number of rotatable bonds is 9. The fourth-order valence-corrected chi connectivity index (χ4v) is 4.51. The van der Waals surface area contributed by atoms with Crippen LogP contribution in [0.4, 0.5) is 0 Å². The monoisotopic (exact) mass is 435 g/mol. The van der Waals surface area contributed by atoms with Gasteiger partial charge >= 0.3 is 0 Å². The Hall–Kier alpha value is -2.33. The first-order valence-electron chi connectivity index (χ1n) is 11.0. The van der Waals surface area contributed by atoms with Crippen molar-refractivity contribution in [3.05, 3.63) is 101 Å². The molecular weight excluding hydrogens is 406 g/mol. The Labute approximate surface area is 190 Å². The third-order valence-electron chi connectivity index (χ3n) is 6.08. The molecule has 3 aromatic carbocycles. The van der Waals surface area contributed by atoms with Crippen molar-refractivity contribution < 1.29 is 9.47 Å². The molecule has 1 unspecified atom stereocenters. The summed E-state index contributed by atoms with van der Waals surface area (Å²) in [5.41, 5.74) is 3.73. The lowest BCUT2D eigenvalue weighted by Crippen LogP contribution is -2.37. The van der Waals surface area contributed by atoms with Gasteiger partial charge in [-0.05, 0) is 66.8 Å². The van der Waals surface area contributed by atoms with E-state index in [0.29, 0.717) is 12.6 Å². The van der Waals surface area contributed by atoms with E-state index >= 15 is 0 Å². The quantitative estimate of drug-likeness (QED) is 0.393. The van der Waals surface area contributed by atoms with Gasteiger partial charge in [-0.3, -0.25) is 4.90 Å². The summed E-state index contributed by atoms with van der Waals surface area (Å²) in [6.45, 7) is 2.74. The predicted octanol–water partition coefficient (Wildman–Crippen LogP) is 6.31. The molecule has 3 nitrogen and oxygen atoms in total. The van der Waals surface area contributed by atoms with Crippen molar-refractivity contribution in [3.63, 3.8) is 0 Å². The lowest BCUT2D eigenvalue weighted by atomic mass is 9.99. The maximum Gasteiger partial charge on any atom is 0.118 e. The number of ether oxygens (including phenoxy) is 2. The Kier molecular flexibility index (Phi) is 7.63. The SMILES string of the molecule is COc1ccc(CCN2CCCC2[C@@H](OCc2ccccc2)c2ccc(Cl)cc2)cc1. The normalized spacial score (nSPS) is 17.5. The molecule has 0 amide bonds. The van der Waals surface area contributed by atoms with E-state index in [1.807, 2.05) is 30.3 Å². The average molecular weight is 436 g/mol. The van der Waals surface area contributed by atoms with Crippen LogP contribution in [0.15, 0.2) is 78.9 Å². The van der Waals surface area contributed by atoms with Gasteiger partial charge in [0.15, 0.2) is 0 Å². The highest BCUT2D eigenvalue weighted by molar-refractivity contribution is 6.30. The van der Waals surface area contributed by atoms with E-state index < -0.39 is 0 Å². The lowest BCUT2D eigenvalue weighted by Gasteiger charge is -2.32. The topological polar surface area (TPSA) is 21.7 Å². The Morgan fingerprint density at radius 3 is 2.39 bits per heavy atom. The summed E-state index contributed by atoms with van der Waals surface area (Å²) in [5.74, 6) is 0.903. The van der Waals surface area contributed by atoms with E-state index in [1.54, 1.807) is 7.11 Å². The van der Waals surface area contributed by atoms with Crippen molar-refractivity contribution in [2.45, 2.75) is 38.0 Å². The van der Waals surface area contributed by atoms with Crippen LogP contribution in [0.2, 0.25) is 5.02 Å². The summed E-state index contributed by atoms with van der Waals surface area (Å²) >= 11 is 6.16. The van der Waals surface area contributed by atoms with Crippen LogP contribution in [0, 0.1) is 0 Å². The zero-order valence-corrected chi connectivity index (χ0v) is 18.8. The van der Waals surface area contributed by atoms with Crippen molar-refractivity contribution in [3.8, 4) is 5.75 Å². The van der Waals surface area contributed by atoms with Gasteiger partial charge in [-0.1, -0.05) is 66.2 Å². The van der Waals surface area contributed by atoms with Crippen LogP contribution in [0.1, 0.15) is 35.6 Å². The summed E-state index contributed by atoms with van der Waals surface area (Å²) in [7, 11) is 1.70. The second-order valence-electron chi connectivity index (χ2n) is 8.11. The number of likely N-dealkylation sites (tertiary alicyclic amines) is 1. The first-order chi connectivity index (χ1) is 15.2. The zero-order valence-electron chi connectivity index (χ0n) is 18.0. The molecule has 1 fully saturated rings. The second-order valence-corrected chi connectivity index (χ2v) is 8.55. The van der Waals surface area contributed by atoms with Gasteiger partial charge in [0.1, 0.15) is 5.75 Å². The van der Waals surface area contributed by atoms with Gasteiger partial charge in [0.2, 0.25) is 0 Å². The molecule has 0 aromatic heterocycles. The highest BCUT2D eigenvalue weighted by atomic mass is 35.5. The summed E-state index contributed by atoms with van der Waals surface area (Å²) in [5, 5.41) is 0.758. The third kappa shape index (κ3) is 5.88. The minimum Gasteiger partial charge on any atom is -0.497 e. The van der Waals surface area contributed by atoms with E-state index in [1.165, 1.54) is 23.1 Å². The molecule has 1 aliphatic rings. The van der Waals surface area contributed by atoms with Crippen LogP contribution in [-0.4, -0.2) is 31.1 Å². The number of halogens is 1. The van der Waals surface area contributed by atoms with Gasteiger partial charge < -0.3 is 9.47 Å². The van der Waals surface area contributed by atoms with Gasteiger partial charge in [-0.15, -0.1) is 0 Å². The summed E-state index contributed by atoms with van der Waals surface area (Å²) < 4.78 is 11.8. The zero-order chi connectivity index (χ0) is 21.5. The number of hydrogen-bond acceptors (Lipinski definition) is 3. The molecule has 162 valence electrons. The van der Waals surface area contributed by atoms with E-state index in [4.69, 9.17) is 21.1 Å². The minimum atomic E-state index is 0.0239. The van der Waals surface area contributed by atoms with Crippen molar-refractivity contribution in [1.29, 1.82) is 0 Å². The Bertz CT molecular complexity index is 928. The van der Waals surface area contributed by atoms with Gasteiger partial charge in [0.05, 0.1) is 19.8 Å². The summed E-state index contributed by atoms with van der Waals surface area (Å²) in [4.78, 5) is 2.59. The van der Waals surface area contributed by atoms with Gasteiger partial charge in [0.25, 0.3) is 0 Å². The molecule has 1 saturated heterocycles. The van der Waals surface area contributed by atoms with Crippen LogP contribution < -0.4 is 4.74 Å². The molecule has 1 aliphatic heterocycles. The molecule has 0 N–H and O–H groups in total. The smallest absolute Gasteiger partial charge is 0.118 e. The van der Waals surface area contributed by atoms with Crippen LogP contribution in [0.3, 0.4) is 0 Å². The molecule has 31 heavy (non-hydrogen) atoms. The number of hydrogen-bond donors (Lipinski definition) is 0. The average Bonchev–Trinajstić information content (AvgIpc) is 3.28. The Morgan fingerprint density at radius 2 is 1.68 bits per heavy atom. The number of benzene rings is 3. The molecule has 0 spiro atoms. The van der Waals surface area contributed by atoms with Crippen molar-refractivity contribution in [2.24, 2.45) is 0 Å². The molecule has 0 saturated carbocycles. The third-order valence-corrected chi connectivity index (χ3v) is 6.33. The van der Waals surface area contributed by atoms with Crippen LogP contribution in [-0.2, 0) is 17.8 Å². The Balaban J connectivity index is 1.47. The number of nitrogens with zero attached hydrogens (tertiary/aromatic N) is 1. The maximum atomic E-state index is 6.55. The fraction of sp³-hybridized carbons (Fsp3) is 0.333. The molecule has 2 atom stereocenters. The molecule has 4 heteroatoms. The molecule has 4 rings (SSSR count). The van der Waals surface area contributed by atoms with Gasteiger partial charge in [0, 0.05) is 17.6 Å². The van der Waals surface area contributed by atoms with Crippen LogP contribution >= 0.6 is 11.6 Å². The van der Waals surface area contributed by atoms with Crippen molar-refractivity contribution >= 4 is 11.6 Å². The van der Waals surface area contributed by atoms with Crippen LogP contribution in [0.25, 0.3) is 0 Å². The minimum absolute atomic E-state index is 0.0239. The number of methoxy groups -OCH3 is 1. The summed E-state index contributed by atoms with van der Waals surface area (Å²) in [6, 6.07) is 27.3. The highest BCUT2D eigenvalue weighted by Crippen LogP contribution is 2.34. The van der Waals surface area contributed by atoms with Crippen molar-refractivity contribution in [1.82, 2.24) is 4.90 Å². The largest absolute Gasteiger partial charge is 0.497 e. The molecule has 1 heterocycles. The van der Waals surface area contributed by atoms with Gasteiger partial charge in [-0.25, -0.2) is 0 Å². The van der Waals surface area contributed by atoms with E-state index in [-0.39, 0.29) is 6.10 Å². The van der Waals surface area contributed by atoms with Crippen LogP contribution in [0.5, 0.6) is 5.75 Å². The fourth-order valence-electron chi connectivity index (χ4n) is 4.38. The molecule has 3 aromatic rings. The van der Waals surface area contributed by atoms with Gasteiger partial charge in [-0.2, -0.15) is 0 Å². The van der Waals surface area contributed by atoms with Crippen molar-refractivity contribution in [2.75, 3.05) is 20.2 Å². The summed E-state index contributed by atoms with van der Waals surface area (Å²) in [6.07, 6.45) is 3.39. The van der Waals surface area contributed by atoms with E-state index in [2.05, 4.69) is 53.4 Å².